The Morgan fingerprint density at radius 2 is 1.86 bits per heavy atom. The van der Waals surface area contributed by atoms with Gasteiger partial charge in [-0.3, -0.25) is 14.5 Å². The number of thioether (sulfide) groups is 1. The Balaban J connectivity index is 1.97. The molecule has 2 heterocycles. The van der Waals surface area contributed by atoms with Crippen LogP contribution in [-0.4, -0.2) is 34.1 Å². The zero-order valence-electron chi connectivity index (χ0n) is 17.2. The Morgan fingerprint density at radius 3 is 2.52 bits per heavy atom. The van der Waals surface area contributed by atoms with E-state index < -0.39 is 0 Å². The Bertz CT molecular complexity index is 868. The second-order valence-electron chi connectivity index (χ2n) is 7.52. The molecule has 1 aromatic rings. The van der Waals surface area contributed by atoms with E-state index in [9.17, 15) is 9.59 Å². The highest BCUT2D eigenvalue weighted by Crippen LogP contribution is 2.45. The molecule has 0 radical (unpaired) electrons. The summed E-state index contributed by atoms with van der Waals surface area (Å²) < 4.78 is 1.45. The first kappa shape index (κ1) is 22.5. The van der Waals surface area contributed by atoms with Gasteiger partial charge in [0.25, 0.3) is 11.8 Å². The quantitative estimate of drug-likeness (QED) is 0.328. The van der Waals surface area contributed by atoms with Crippen LogP contribution < -0.4 is 4.90 Å². The fourth-order valence-electron chi connectivity index (χ4n) is 3.85. The van der Waals surface area contributed by atoms with Gasteiger partial charge in [-0.1, -0.05) is 79.9 Å². The van der Waals surface area contributed by atoms with Gasteiger partial charge in [-0.05, 0) is 37.0 Å². The summed E-state index contributed by atoms with van der Waals surface area (Å²) in [5, 5.41) is 0. The van der Waals surface area contributed by atoms with Gasteiger partial charge in [0.15, 0.2) is 0 Å². The first-order chi connectivity index (χ1) is 13.9. The molecule has 2 aliphatic heterocycles. The maximum Gasteiger partial charge on any atom is 0.267 e. The van der Waals surface area contributed by atoms with E-state index >= 15 is 0 Å². The van der Waals surface area contributed by atoms with Gasteiger partial charge < -0.3 is 4.90 Å². The van der Waals surface area contributed by atoms with Gasteiger partial charge in [-0.25, -0.2) is 0 Å². The maximum absolute atomic E-state index is 13.3. The van der Waals surface area contributed by atoms with Gasteiger partial charge in [-0.2, -0.15) is 0 Å². The van der Waals surface area contributed by atoms with Crippen LogP contribution in [0.5, 0.6) is 0 Å². The monoisotopic (exact) mass is 494 g/mol. The number of hydrogen-bond acceptors (Lipinski definition) is 4. The molecule has 1 fully saturated rings. The second kappa shape index (κ2) is 9.75. The molecule has 0 N–H and O–H groups in total. The predicted octanol–water partition coefficient (Wildman–Crippen LogP) is 5.99. The summed E-state index contributed by atoms with van der Waals surface area (Å²) in [7, 11) is 0. The molecule has 0 aromatic heterocycles. The van der Waals surface area contributed by atoms with Crippen molar-refractivity contribution in [3.8, 4) is 0 Å². The summed E-state index contributed by atoms with van der Waals surface area (Å²) in [5.74, 6) is 0.208. The molecule has 0 aliphatic carbocycles. The van der Waals surface area contributed by atoms with E-state index in [0.29, 0.717) is 33.8 Å². The number of carbonyl (C=O) groups excluding carboxylic acids is 2. The molecule has 2 amide bonds. The number of benzene rings is 1. The number of unbranched alkanes of at least 4 members (excludes halogenated alkanes) is 1. The number of halogens is 1. The van der Waals surface area contributed by atoms with Crippen LogP contribution in [0, 0.1) is 5.92 Å². The lowest BCUT2D eigenvalue weighted by Gasteiger charge is -2.21. The first-order valence-electron chi connectivity index (χ1n) is 10.3. The van der Waals surface area contributed by atoms with Gasteiger partial charge >= 0.3 is 0 Å². The lowest BCUT2D eigenvalue weighted by molar-refractivity contribution is -0.123. The van der Waals surface area contributed by atoms with E-state index in [2.05, 4.69) is 29.8 Å². The summed E-state index contributed by atoms with van der Waals surface area (Å²) in [4.78, 5) is 30.5. The van der Waals surface area contributed by atoms with Crippen LogP contribution in [0.15, 0.2) is 27.6 Å². The smallest absolute Gasteiger partial charge is 0.267 e. The van der Waals surface area contributed by atoms with E-state index in [4.69, 9.17) is 12.2 Å². The van der Waals surface area contributed by atoms with Gasteiger partial charge in [0.2, 0.25) is 0 Å². The number of nitrogens with zero attached hydrogens (tertiary/aromatic N) is 2. The summed E-state index contributed by atoms with van der Waals surface area (Å²) in [6.45, 7) is 7.65. The fraction of sp³-hybridized carbons (Fsp3) is 0.500. The Hall–Kier alpha value is -1.18. The van der Waals surface area contributed by atoms with Crippen LogP contribution in [0.2, 0.25) is 0 Å². The standard InChI is InChI=1S/C22H27BrN2O2S2/c1-4-7-8-14(6-3)13-25-21(27)19(29-22(25)28)18-16-12-15(23)9-10-17(16)24(11-5-2)20(18)26/h9-10,12,14H,4-8,11,13H2,1-3H3/b19-18-/t14-/m1/s1. The minimum Gasteiger partial charge on any atom is -0.308 e. The zero-order valence-corrected chi connectivity index (χ0v) is 20.4. The van der Waals surface area contributed by atoms with Crippen LogP contribution >= 0.6 is 39.9 Å². The third kappa shape index (κ3) is 4.47. The highest BCUT2D eigenvalue weighted by atomic mass is 79.9. The minimum absolute atomic E-state index is 0.0986. The number of rotatable bonds is 8. The Kier molecular flexibility index (Phi) is 7.57. The highest BCUT2D eigenvalue weighted by Gasteiger charge is 2.42. The number of fused-ring (bicyclic) bond motifs is 1. The van der Waals surface area contributed by atoms with E-state index in [1.54, 1.807) is 9.80 Å². The number of anilines is 1. The average Bonchev–Trinajstić information content (AvgIpc) is 3.12. The molecule has 1 atom stereocenters. The molecule has 7 heteroatoms. The zero-order chi connectivity index (χ0) is 21.1. The van der Waals surface area contributed by atoms with Crippen molar-refractivity contribution in [2.75, 3.05) is 18.0 Å². The SMILES string of the molecule is CCCC[C@@H](CC)CN1C(=O)/C(=C2/C(=O)N(CCC)c3ccc(Br)cc32)SC1=S. The number of thiocarbonyl (C=S) groups is 1. The normalized spacial score (nSPS) is 20.1. The van der Waals surface area contributed by atoms with E-state index in [1.165, 1.54) is 11.8 Å². The lowest BCUT2D eigenvalue weighted by Crippen LogP contribution is -2.33. The van der Waals surface area contributed by atoms with E-state index in [0.717, 1.165) is 47.8 Å². The second-order valence-corrected chi connectivity index (χ2v) is 10.1. The summed E-state index contributed by atoms with van der Waals surface area (Å²) in [6.07, 6.45) is 5.26. The van der Waals surface area contributed by atoms with Crippen LogP contribution in [0.3, 0.4) is 0 Å². The van der Waals surface area contributed by atoms with Crippen LogP contribution in [0.1, 0.15) is 58.4 Å². The van der Waals surface area contributed by atoms with E-state index in [-0.39, 0.29) is 11.8 Å². The van der Waals surface area contributed by atoms with Crippen molar-refractivity contribution in [3.63, 3.8) is 0 Å². The molecule has 3 rings (SSSR count). The van der Waals surface area contributed by atoms with Crippen molar-refractivity contribution < 1.29 is 9.59 Å². The third-order valence-electron chi connectivity index (χ3n) is 5.49. The summed E-state index contributed by atoms with van der Waals surface area (Å²) >= 11 is 10.3. The maximum atomic E-state index is 13.3. The van der Waals surface area contributed by atoms with Crippen molar-refractivity contribution in [1.82, 2.24) is 4.90 Å². The van der Waals surface area contributed by atoms with Crippen molar-refractivity contribution in [3.05, 3.63) is 33.1 Å². The molecule has 0 unspecified atom stereocenters. The lowest BCUT2D eigenvalue weighted by atomic mass is 9.98. The van der Waals surface area contributed by atoms with Gasteiger partial charge in [0, 0.05) is 23.1 Å². The van der Waals surface area contributed by atoms with Crippen LogP contribution in [0.4, 0.5) is 5.69 Å². The molecule has 1 saturated heterocycles. The molecule has 29 heavy (non-hydrogen) atoms. The average molecular weight is 496 g/mol. The Morgan fingerprint density at radius 1 is 1.10 bits per heavy atom. The number of hydrogen-bond donors (Lipinski definition) is 0. The molecule has 0 spiro atoms. The Labute approximate surface area is 191 Å². The van der Waals surface area contributed by atoms with Crippen molar-refractivity contribution in [1.29, 1.82) is 0 Å². The molecule has 0 saturated carbocycles. The molecule has 156 valence electrons. The van der Waals surface area contributed by atoms with Crippen molar-refractivity contribution in [2.45, 2.75) is 52.9 Å². The van der Waals surface area contributed by atoms with Gasteiger partial charge in [0.05, 0.1) is 16.2 Å². The number of carbonyl (C=O) groups is 2. The molecule has 2 aliphatic rings. The van der Waals surface area contributed by atoms with E-state index in [1.807, 2.05) is 25.1 Å². The van der Waals surface area contributed by atoms with Crippen LogP contribution in [0.25, 0.3) is 5.57 Å². The molecular weight excluding hydrogens is 468 g/mol. The highest BCUT2D eigenvalue weighted by molar-refractivity contribution is 9.10. The molecule has 0 bridgehead atoms. The van der Waals surface area contributed by atoms with Crippen LogP contribution in [-0.2, 0) is 9.59 Å². The predicted molar refractivity (Wildman–Crippen MR) is 129 cm³/mol. The molecular formula is C22H27BrN2O2S2. The third-order valence-corrected chi connectivity index (χ3v) is 7.43. The van der Waals surface area contributed by atoms with Gasteiger partial charge in [-0.15, -0.1) is 0 Å². The van der Waals surface area contributed by atoms with Crippen molar-refractivity contribution >= 4 is 67.3 Å². The molecule has 4 nitrogen and oxygen atoms in total. The molecule has 1 aromatic carbocycles. The fourth-order valence-corrected chi connectivity index (χ4v) is 5.56. The number of amides is 2. The largest absolute Gasteiger partial charge is 0.308 e. The van der Waals surface area contributed by atoms with Crippen molar-refractivity contribution in [2.24, 2.45) is 5.92 Å². The first-order valence-corrected chi connectivity index (χ1v) is 12.3. The minimum atomic E-state index is -0.123. The summed E-state index contributed by atoms with van der Waals surface area (Å²) in [6, 6.07) is 5.81. The summed E-state index contributed by atoms with van der Waals surface area (Å²) in [5.41, 5.74) is 2.18. The van der Waals surface area contributed by atoms with Gasteiger partial charge in [0.1, 0.15) is 4.32 Å². The topological polar surface area (TPSA) is 40.6 Å².